The van der Waals surface area contributed by atoms with E-state index in [1.54, 1.807) is 0 Å². The van der Waals surface area contributed by atoms with Gasteiger partial charge in [-0.25, -0.2) is 0 Å². The van der Waals surface area contributed by atoms with E-state index < -0.39 is 18.3 Å². The van der Waals surface area contributed by atoms with E-state index in [1.165, 1.54) is 0 Å². The molecule has 1 aliphatic carbocycles. The number of aliphatic hydroxyl groups excluding tert-OH is 1. The van der Waals surface area contributed by atoms with Crippen LogP contribution in [0.3, 0.4) is 0 Å². The Balaban J connectivity index is 2.33. The first kappa shape index (κ1) is 10.8. The Labute approximate surface area is 75.1 Å². The molecule has 1 fully saturated rings. The highest BCUT2D eigenvalue weighted by Gasteiger charge is 2.38. The first-order valence-electron chi connectivity index (χ1n) is 4.40. The normalized spacial score (nSPS) is 32.1. The Kier molecular flexibility index (Phi) is 3.18. The van der Waals surface area contributed by atoms with Gasteiger partial charge in [0.2, 0.25) is 0 Å². The lowest BCUT2D eigenvalue weighted by Gasteiger charge is -2.21. The van der Waals surface area contributed by atoms with Crippen LogP contribution in [0.4, 0.5) is 13.2 Å². The Morgan fingerprint density at radius 2 is 2.00 bits per heavy atom. The summed E-state index contributed by atoms with van der Waals surface area (Å²) >= 11 is 0. The maximum absolute atomic E-state index is 12.1. The summed E-state index contributed by atoms with van der Waals surface area (Å²) in [7, 11) is 0. The molecule has 0 heterocycles. The van der Waals surface area contributed by atoms with Gasteiger partial charge in [0, 0.05) is 6.04 Å². The van der Waals surface area contributed by atoms with Gasteiger partial charge in [0.15, 0.2) is 0 Å². The maximum Gasteiger partial charge on any atom is 0.403 e. The van der Waals surface area contributed by atoms with Crippen LogP contribution in [-0.4, -0.2) is 29.5 Å². The fourth-order valence-electron chi connectivity index (χ4n) is 1.56. The van der Waals surface area contributed by atoms with E-state index in [0.29, 0.717) is 19.3 Å². The molecule has 2 nitrogen and oxygen atoms in total. The van der Waals surface area contributed by atoms with Crippen molar-refractivity contribution in [2.24, 2.45) is 0 Å². The van der Waals surface area contributed by atoms with Crippen LogP contribution < -0.4 is 5.32 Å². The van der Waals surface area contributed by atoms with E-state index in [-0.39, 0.29) is 6.04 Å². The Bertz CT molecular complexity index is 171. The monoisotopic (exact) mass is 197 g/mol. The van der Waals surface area contributed by atoms with E-state index in [1.807, 2.05) is 0 Å². The summed E-state index contributed by atoms with van der Waals surface area (Å²) in [4.78, 5) is 0. The van der Waals surface area contributed by atoms with Crippen LogP contribution in [0.25, 0.3) is 0 Å². The van der Waals surface area contributed by atoms with Crippen LogP contribution in [-0.2, 0) is 0 Å². The van der Waals surface area contributed by atoms with E-state index in [9.17, 15) is 13.2 Å². The van der Waals surface area contributed by atoms with E-state index in [4.69, 9.17) is 5.11 Å². The Hall–Kier alpha value is -0.290. The molecule has 1 aliphatic rings. The van der Waals surface area contributed by atoms with Crippen molar-refractivity contribution in [1.29, 1.82) is 0 Å². The van der Waals surface area contributed by atoms with Crippen LogP contribution in [0.1, 0.15) is 26.2 Å². The van der Waals surface area contributed by atoms with Crippen molar-refractivity contribution >= 4 is 0 Å². The van der Waals surface area contributed by atoms with Gasteiger partial charge >= 0.3 is 6.18 Å². The summed E-state index contributed by atoms with van der Waals surface area (Å²) in [6.45, 7) is 1.10. The third-order valence-electron chi connectivity index (χ3n) is 2.38. The largest absolute Gasteiger partial charge is 0.403 e. The van der Waals surface area contributed by atoms with Crippen LogP contribution in [0.15, 0.2) is 0 Å². The molecule has 0 aromatic heterocycles. The van der Waals surface area contributed by atoms with Gasteiger partial charge in [-0.3, -0.25) is 0 Å². The second-order valence-electron chi connectivity index (χ2n) is 3.59. The summed E-state index contributed by atoms with van der Waals surface area (Å²) in [5, 5.41) is 11.6. The molecule has 0 saturated heterocycles. The summed E-state index contributed by atoms with van der Waals surface area (Å²) in [6, 6.07) is -1.67. The topological polar surface area (TPSA) is 32.3 Å². The third kappa shape index (κ3) is 3.15. The minimum absolute atomic E-state index is 0.188. The number of halogens is 3. The molecule has 0 aromatic rings. The second kappa shape index (κ2) is 3.84. The number of aliphatic hydroxyl groups is 1. The van der Waals surface area contributed by atoms with Crippen LogP contribution >= 0.6 is 0 Å². The first-order valence-corrected chi connectivity index (χ1v) is 4.40. The van der Waals surface area contributed by atoms with Gasteiger partial charge in [-0.1, -0.05) is 0 Å². The van der Waals surface area contributed by atoms with Gasteiger partial charge in [0.05, 0.1) is 6.10 Å². The minimum atomic E-state index is -4.19. The fourth-order valence-corrected chi connectivity index (χ4v) is 1.56. The molecule has 0 bridgehead atoms. The number of hydrogen-bond acceptors (Lipinski definition) is 2. The average Bonchev–Trinajstić information content (AvgIpc) is 2.33. The molecular weight excluding hydrogens is 183 g/mol. The number of rotatable bonds is 2. The summed E-state index contributed by atoms with van der Waals surface area (Å²) < 4.78 is 36.2. The molecule has 0 aliphatic heterocycles. The molecule has 0 amide bonds. The standard InChI is InChI=1S/C8H14F3NO/c1-5(8(9,10)11)12-6-2-3-7(13)4-6/h5-7,12-13H,2-4H2,1H3/t5?,6-,7+/m0/s1. The van der Waals surface area contributed by atoms with Gasteiger partial charge < -0.3 is 10.4 Å². The van der Waals surface area contributed by atoms with Gasteiger partial charge in [0.25, 0.3) is 0 Å². The van der Waals surface area contributed by atoms with Gasteiger partial charge in [0.1, 0.15) is 6.04 Å². The van der Waals surface area contributed by atoms with Crippen molar-refractivity contribution in [2.45, 2.75) is 50.6 Å². The Morgan fingerprint density at radius 1 is 1.38 bits per heavy atom. The molecule has 13 heavy (non-hydrogen) atoms. The van der Waals surface area contributed by atoms with Crippen LogP contribution in [0.5, 0.6) is 0 Å². The molecule has 3 atom stereocenters. The van der Waals surface area contributed by atoms with Gasteiger partial charge in [-0.15, -0.1) is 0 Å². The zero-order valence-electron chi connectivity index (χ0n) is 7.43. The van der Waals surface area contributed by atoms with E-state index in [0.717, 1.165) is 6.92 Å². The predicted molar refractivity (Wildman–Crippen MR) is 42.3 cm³/mol. The highest BCUT2D eigenvalue weighted by molar-refractivity contribution is 4.83. The highest BCUT2D eigenvalue weighted by Crippen LogP contribution is 2.24. The lowest BCUT2D eigenvalue weighted by Crippen LogP contribution is -2.44. The average molecular weight is 197 g/mol. The van der Waals surface area contributed by atoms with E-state index in [2.05, 4.69) is 5.32 Å². The van der Waals surface area contributed by atoms with Crippen molar-refractivity contribution < 1.29 is 18.3 Å². The fraction of sp³-hybridized carbons (Fsp3) is 1.00. The highest BCUT2D eigenvalue weighted by atomic mass is 19.4. The summed E-state index contributed by atoms with van der Waals surface area (Å²) in [5.41, 5.74) is 0. The lowest BCUT2D eigenvalue weighted by atomic mass is 10.2. The Morgan fingerprint density at radius 3 is 2.38 bits per heavy atom. The summed E-state index contributed by atoms with van der Waals surface area (Å²) in [6.07, 6.45) is -2.96. The molecule has 1 rings (SSSR count). The molecular formula is C8H14F3NO. The maximum atomic E-state index is 12.1. The molecule has 0 radical (unpaired) electrons. The molecule has 1 saturated carbocycles. The smallest absolute Gasteiger partial charge is 0.393 e. The summed E-state index contributed by atoms with van der Waals surface area (Å²) in [5.74, 6) is 0. The van der Waals surface area contributed by atoms with Crippen molar-refractivity contribution in [2.75, 3.05) is 0 Å². The number of nitrogens with one attached hydrogen (secondary N) is 1. The van der Waals surface area contributed by atoms with Crippen molar-refractivity contribution in [3.63, 3.8) is 0 Å². The first-order chi connectivity index (χ1) is 5.89. The minimum Gasteiger partial charge on any atom is -0.393 e. The quantitative estimate of drug-likeness (QED) is 0.702. The van der Waals surface area contributed by atoms with Gasteiger partial charge in [-0.05, 0) is 26.2 Å². The number of alkyl halides is 3. The van der Waals surface area contributed by atoms with Crippen molar-refractivity contribution in [3.8, 4) is 0 Å². The van der Waals surface area contributed by atoms with Crippen LogP contribution in [0.2, 0.25) is 0 Å². The van der Waals surface area contributed by atoms with Gasteiger partial charge in [-0.2, -0.15) is 13.2 Å². The third-order valence-corrected chi connectivity index (χ3v) is 2.38. The zero-order chi connectivity index (χ0) is 10.1. The lowest BCUT2D eigenvalue weighted by molar-refractivity contribution is -0.153. The molecule has 78 valence electrons. The molecule has 2 N–H and O–H groups in total. The second-order valence-corrected chi connectivity index (χ2v) is 3.59. The molecule has 5 heteroatoms. The molecule has 1 unspecified atom stereocenters. The number of hydrogen-bond donors (Lipinski definition) is 2. The molecule has 0 aromatic carbocycles. The SMILES string of the molecule is CC(N[C@H]1CC[C@@H](O)C1)C(F)(F)F. The van der Waals surface area contributed by atoms with Crippen molar-refractivity contribution in [1.82, 2.24) is 5.32 Å². The molecule has 0 spiro atoms. The predicted octanol–water partition coefficient (Wildman–Crippen LogP) is 1.44. The van der Waals surface area contributed by atoms with Crippen LogP contribution in [0, 0.1) is 0 Å². The van der Waals surface area contributed by atoms with Crippen molar-refractivity contribution in [3.05, 3.63) is 0 Å². The van der Waals surface area contributed by atoms with E-state index >= 15 is 0 Å². The zero-order valence-corrected chi connectivity index (χ0v) is 7.43.